The van der Waals surface area contributed by atoms with Crippen LogP contribution in [-0.2, 0) is 0 Å². The summed E-state index contributed by atoms with van der Waals surface area (Å²) >= 11 is 5.87. The molecule has 100 valence electrons. The lowest BCUT2D eigenvalue weighted by molar-refractivity contribution is 0.222. The number of hydrogen-bond acceptors (Lipinski definition) is 3. The first-order valence-electron chi connectivity index (χ1n) is 6.07. The van der Waals surface area contributed by atoms with Crippen LogP contribution in [-0.4, -0.2) is 37.0 Å². The average Bonchev–Trinajstić information content (AvgIpc) is 2.36. The summed E-state index contributed by atoms with van der Waals surface area (Å²) < 4.78 is 5.67. The van der Waals surface area contributed by atoms with Crippen LogP contribution < -0.4 is 10.5 Å². The van der Waals surface area contributed by atoms with Gasteiger partial charge in [0.1, 0.15) is 18.2 Å². The molecule has 0 unspecified atom stereocenters. The van der Waals surface area contributed by atoms with Gasteiger partial charge >= 0.3 is 0 Å². The normalized spacial score (nSPS) is 10.7. The van der Waals surface area contributed by atoms with Gasteiger partial charge in [-0.2, -0.15) is 0 Å². The molecular formula is C13H20ClN3O. The maximum atomic E-state index is 7.49. The average molecular weight is 270 g/mol. The van der Waals surface area contributed by atoms with Crippen LogP contribution in [0.2, 0.25) is 5.02 Å². The van der Waals surface area contributed by atoms with Crippen molar-refractivity contribution in [1.29, 1.82) is 5.41 Å². The molecule has 0 spiro atoms. The SMILES string of the molecule is CCN(CC)CCOc1ccc(Cl)cc1C(=N)N. The molecule has 0 heterocycles. The van der Waals surface area contributed by atoms with Crippen molar-refractivity contribution in [3.63, 3.8) is 0 Å². The number of rotatable bonds is 7. The van der Waals surface area contributed by atoms with Crippen LogP contribution >= 0.6 is 11.6 Å². The van der Waals surface area contributed by atoms with Gasteiger partial charge < -0.3 is 15.4 Å². The van der Waals surface area contributed by atoms with Crippen molar-refractivity contribution in [2.24, 2.45) is 5.73 Å². The van der Waals surface area contributed by atoms with E-state index in [0.717, 1.165) is 19.6 Å². The Hall–Kier alpha value is -1.26. The molecule has 3 N–H and O–H groups in total. The van der Waals surface area contributed by atoms with E-state index in [4.69, 9.17) is 27.5 Å². The van der Waals surface area contributed by atoms with Gasteiger partial charge in [0.05, 0.1) is 5.56 Å². The van der Waals surface area contributed by atoms with Gasteiger partial charge in [-0.25, -0.2) is 0 Å². The molecule has 1 rings (SSSR count). The minimum Gasteiger partial charge on any atom is -0.491 e. The Balaban J connectivity index is 2.64. The summed E-state index contributed by atoms with van der Waals surface area (Å²) in [6.07, 6.45) is 0. The summed E-state index contributed by atoms with van der Waals surface area (Å²) in [4.78, 5) is 2.27. The number of benzene rings is 1. The van der Waals surface area contributed by atoms with Gasteiger partial charge in [0.25, 0.3) is 0 Å². The third-order valence-corrected chi connectivity index (χ3v) is 3.03. The second-order valence-electron chi connectivity index (χ2n) is 3.93. The largest absolute Gasteiger partial charge is 0.491 e. The van der Waals surface area contributed by atoms with E-state index in [1.807, 2.05) is 0 Å². The van der Waals surface area contributed by atoms with Gasteiger partial charge in [0.15, 0.2) is 0 Å². The molecule has 0 radical (unpaired) electrons. The summed E-state index contributed by atoms with van der Waals surface area (Å²) in [5.74, 6) is 0.578. The highest BCUT2D eigenvalue weighted by molar-refractivity contribution is 6.31. The molecule has 1 aromatic carbocycles. The smallest absolute Gasteiger partial charge is 0.130 e. The van der Waals surface area contributed by atoms with Crippen molar-refractivity contribution < 1.29 is 4.74 Å². The zero-order chi connectivity index (χ0) is 13.5. The monoisotopic (exact) mass is 269 g/mol. The highest BCUT2D eigenvalue weighted by Gasteiger charge is 2.08. The molecule has 0 aliphatic heterocycles. The molecule has 0 aliphatic rings. The lowest BCUT2D eigenvalue weighted by Crippen LogP contribution is -2.28. The van der Waals surface area contributed by atoms with Crippen molar-refractivity contribution in [1.82, 2.24) is 4.90 Å². The fraction of sp³-hybridized carbons (Fsp3) is 0.462. The van der Waals surface area contributed by atoms with Crippen molar-refractivity contribution in [2.75, 3.05) is 26.2 Å². The zero-order valence-electron chi connectivity index (χ0n) is 10.9. The Bertz CT molecular complexity index is 405. The molecule has 0 bridgehead atoms. The second kappa shape index (κ2) is 7.24. The van der Waals surface area contributed by atoms with E-state index < -0.39 is 0 Å². The van der Waals surface area contributed by atoms with E-state index >= 15 is 0 Å². The number of amidine groups is 1. The molecule has 1 aromatic rings. The topological polar surface area (TPSA) is 62.3 Å². The summed E-state index contributed by atoms with van der Waals surface area (Å²) in [6.45, 7) is 7.66. The van der Waals surface area contributed by atoms with Crippen LogP contribution in [0.4, 0.5) is 0 Å². The summed E-state index contributed by atoms with van der Waals surface area (Å²) in [5.41, 5.74) is 6.05. The predicted octanol–water partition coefficient (Wildman–Crippen LogP) is 2.34. The number of nitrogens with zero attached hydrogens (tertiary/aromatic N) is 1. The predicted molar refractivity (Wildman–Crippen MR) is 75.8 cm³/mol. The lowest BCUT2D eigenvalue weighted by atomic mass is 10.2. The first-order valence-corrected chi connectivity index (χ1v) is 6.45. The Labute approximate surface area is 113 Å². The van der Waals surface area contributed by atoms with Crippen LogP contribution in [0.5, 0.6) is 5.75 Å². The van der Waals surface area contributed by atoms with Gasteiger partial charge in [0.2, 0.25) is 0 Å². The molecule has 0 amide bonds. The number of likely N-dealkylation sites (N-methyl/N-ethyl adjacent to an activating group) is 1. The molecular weight excluding hydrogens is 250 g/mol. The van der Waals surface area contributed by atoms with Gasteiger partial charge in [-0.1, -0.05) is 25.4 Å². The van der Waals surface area contributed by atoms with Gasteiger partial charge in [-0.15, -0.1) is 0 Å². The Kier molecular flexibility index (Phi) is 5.95. The summed E-state index contributed by atoms with van der Waals surface area (Å²) in [6, 6.07) is 5.14. The zero-order valence-corrected chi connectivity index (χ0v) is 11.6. The van der Waals surface area contributed by atoms with Crippen molar-refractivity contribution in [2.45, 2.75) is 13.8 Å². The van der Waals surface area contributed by atoms with Crippen molar-refractivity contribution in [3.8, 4) is 5.75 Å². The van der Waals surface area contributed by atoms with Gasteiger partial charge in [-0.05, 0) is 31.3 Å². The molecule has 0 atom stereocenters. The number of halogens is 1. The maximum absolute atomic E-state index is 7.49. The number of hydrogen-bond donors (Lipinski definition) is 2. The van der Waals surface area contributed by atoms with Gasteiger partial charge in [0, 0.05) is 11.6 Å². The number of nitrogen functional groups attached to an aromatic ring is 1. The standard InChI is InChI=1S/C13H20ClN3O/c1-3-17(4-2)7-8-18-12-6-5-10(14)9-11(12)13(15)16/h5-6,9H,3-4,7-8H2,1-2H3,(H3,15,16). The number of ether oxygens (including phenoxy) is 1. The first kappa shape index (κ1) is 14.8. The highest BCUT2D eigenvalue weighted by Crippen LogP contribution is 2.22. The van der Waals surface area contributed by atoms with E-state index in [2.05, 4.69) is 18.7 Å². The molecule has 5 heteroatoms. The van der Waals surface area contributed by atoms with E-state index in [1.165, 1.54) is 0 Å². The molecule has 0 aromatic heterocycles. The number of nitrogens with one attached hydrogen (secondary N) is 1. The third-order valence-electron chi connectivity index (χ3n) is 2.79. The summed E-state index contributed by atoms with van der Waals surface area (Å²) in [7, 11) is 0. The molecule has 0 aliphatic carbocycles. The van der Waals surface area contributed by atoms with Crippen LogP contribution in [0.3, 0.4) is 0 Å². The molecule has 18 heavy (non-hydrogen) atoms. The minimum atomic E-state index is -0.0321. The van der Waals surface area contributed by atoms with Crippen LogP contribution in [0.25, 0.3) is 0 Å². The number of nitrogens with two attached hydrogens (primary N) is 1. The quantitative estimate of drug-likeness (QED) is 0.590. The molecule has 0 fully saturated rings. The molecule has 0 saturated heterocycles. The first-order chi connectivity index (χ1) is 8.58. The molecule has 0 saturated carbocycles. The van der Waals surface area contributed by atoms with Crippen LogP contribution in [0.15, 0.2) is 18.2 Å². The van der Waals surface area contributed by atoms with E-state index in [1.54, 1.807) is 18.2 Å². The maximum Gasteiger partial charge on any atom is 0.130 e. The van der Waals surface area contributed by atoms with Gasteiger partial charge in [-0.3, -0.25) is 5.41 Å². The van der Waals surface area contributed by atoms with Crippen LogP contribution in [0.1, 0.15) is 19.4 Å². The fourth-order valence-corrected chi connectivity index (χ4v) is 1.84. The fourth-order valence-electron chi connectivity index (χ4n) is 1.66. The highest BCUT2D eigenvalue weighted by atomic mass is 35.5. The molecule has 4 nitrogen and oxygen atoms in total. The van der Waals surface area contributed by atoms with Crippen molar-refractivity contribution in [3.05, 3.63) is 28.8 Å². The van der Waals surface area contributed by atoms with Crippen molar-refractivity contribution >= 4 is 17.4 Å². The Morgan fingerprint density at radius 1 is 1.39 bits per heavy atom. The van der Waals surface area contributed by atoms with E-state index in [0.29, 0.717) is 22.9 Å². The second-order valence-corrected chi connectivity index (χ2v) is 4.37. The third kappa shape index (κ3) is 4.20. The summed E-state index contributed by atoms with van der Waals surface area (Å²) in [5, 5.41) is 8.05. The lowest BCUT2D eigenvalue weighted by Gasteiger charge is -2.18. The Morgan fingerprint density at radius 3 is 2.61 bits per heavy atom. The van der Waals surface area contributed by atoms with E-state index in [9.17, 15) is 0 Å². The Morgan fingerprint density at radius 2 is 2.06 bits per heavy atom. The van der Waals surface area contributed by atoms with Crippen LogP contribution in [0, 0.1) is 5.41 Å². The van der Waals surface area contributed by atoms with E-state index in [-0.39, 0.29) is 5.84 Å². The minimum absolute atomic E-state index is 0.0321.